The van der Waals surface area contributed by atoms with Crippen LogP contribution in [0.2, 0.25) is 0 Å². The fraction of sp³-hybridized carbons (Fsp3) is 0.767. The highest BCUT2D eigenvalue weighted by atomic mass is 32.1. The van der Waals surface area contributed by atoms with Gasteiger partial charge in [-0.3, -0.25) is 26.4 Å². The molecule has 1 aromatic heterocycles. The summed E-state index contributed by atoms with van der Waals surface area (Å²) < 4.78 is 20.0. The Morgan fingerprint density at radius 1 is 1.02 bits per heavy atom. The number of nitrogens with one attached hydrogen (secondary N) is 3. The molecule has 0 bridgehead atoms. The molecular formula is C30H75N7O2S2. The minimum atomic E-state index is 0. The number of aliphatic imine (C=N–C) groups is 1. The van der Waals surface area contributed by atoms with Gasteiger partial charge in [-0.2, -0.15) is 5.10 Å². The van der Waals surface area contributed by atoms with Gasteiger partial charge in [0.15, 0.2) is 5.82 Å². The van der Waals surface area contributed by atoms with Crippen molar-refractivity contribution >= 4 is 52.0 Å². The highest BCUT2D eigenvalue weighted by molar-refractivity contribution is 7.80. The zero-order valence-corrected chi connectivity index (χ0v) is 27.1. The Bertz CT molecular complexity index is 834. The molecule has 9 nitrogen and oxygen atoms in total. The summed E-state index contributed by atoms with van der Waals surface area (Å²) in [6.07, 6.45) is 10.3. The number of thiocarbonyl (C=S) groups is 2. The van der Waals surface area contributed by atoms with Crippen LogP contribution in [0, 0.1) is 5.92 Å². The van der Waals surface area contributed by atoms with Crippen molar-refractivity contribution in [3.05, 3.63) is 11.3 Å². The number of Topliss-reactive ketones (excluding diaryl/α,β-unsaturated/α-hetero) is 2. The molecule has 2 saturated carbocycles. The SMILES string of the molecule is C.C.CC.CC.CCN=C=S.CCNC(=S)C1CCCC1=O.CCNc1n[nH]c2c1CCC2.NN.O=C1CCCC1.[3HH].[3HH].[3H][3H].[3H][3H].[HH].[HH]. The number of anilines is 1. The molecule has 41 heavy (non-hydrogen) atoms. The van der Waals surface area contributed by atoms with Crippen LogP contribution < -0.4 is 22.3 Å². The second-order valence-electron chi connectivity index (χ2n) is 8.03. The first kappa shape index (κ1) is 43.4. The van der Waals surface area contributed by atoms with Crippen LogP contribution in [0.25, 0.3) is 0 Å². The number of ketones is 2. The van der Waals surface area contributed by atoms with Gasteiger partial charge in [0.25, 0.3) is 0 Å². The summed E-state index contributed by atoms with van der Waals surface area (Å²) >= 11 is 9.29. The van der Waals surface area contributed by atoms with Crippen molar-refractivity contribution in [1.82, 2.24) is 15.5 Å². The number of isothiocyanates is 1. The van der Waals surface area contributed by atoms with Crippen LogP contribution in [0.3, 0.4) is 0 Å². The average Bonchev–Trinajstić information content (AvgIpc) is 3.88. The van der Waals surface area contributed by atoms with Gasteiger partial charge in [0.1, 0.15) is 11.6 Å². The quantitative estimate of drug-likeness (QED) is 0.0922. The van der Waals surface area contributed by atoms with Gasteiger partial charge in [-0.05, 0) is 77.9 Å². The van der Waals surface area contributed by atoms with Gasteiger partial charge >= 0.3 is 0 Å². The monoisotopic (exact) mass is 642 g/mol. The van der Waals surface area contributed by atoms with Crippen LogP contribution in [0.4, 0.5) is 5.82 Å². The van der Waals surface area contributed by atoms with Crippen molar-refractivity contribution in [3.63, 3.8) is 0 Å². The summed E-state index contributed by atoms with van der Waals surface area (Å²) in [4.78, 5) is 25.7. The molecule has 1 atom stereocenters. The van der Waals surface area contributed by atoms with E-state index in [1.54, 1.807) is 0 Å². The van der Waals surface area contributed by atoms with Crippen molar-refractivity contribution in [3.8, 4) is 0 Å². The largest absolute Gasteiger partial charge is 0.379 e. The summed E-state index contributed by atoms with van der Waals surface area (Å²) in [7, 11) is 0. The maximum absolute atomic E-state index is 11.2. The molecule has 3 aliphatic carbocycles. The Balaban J connectivity index is -0.0000000398. The van der Waals surface area contributed by atoms with E-state index in [0.717, 1.165) is 75.4 Å². The lowest BCUT2D eigenvalue weighted by Crippen LogP contribution is -2.30. The molecule has 1 aromatic rings. The Hall–Kier alpha value is -2.04. The number of rotatable bonds is 5. The molecule has 0 aliphatic heterocycles. The first-order valence-corrected chi connectivity index (χ1v) is 15.3. The molecule has 2 fully saturated rings. The Morgan fingerprint density at radius 3 is 1.98 bits per heavy atom. The molecule has 254 valence electrons. The summed E-state index contributed by atoms with van der Waals surface area (Å²) in [6, 6.07) is 0. The van der Waals surface area contributed by atoms with Gasteiger partial charge in [0.2, 0.25) is 0 Å². The number of aryl methyl sites for hydroxylation is 1. The molecule has 11 heteroatoms. The van der Waals surface area contributed by atoms with E-state index in [9.17, 15) is 9.59 Å². The molecule has 1 heterocycles. The van der Waals surface area contributed by atoms with Gasteiger partial charge in [-0.25, -0.2) is 4.99 Å². The van der Waals surface area contributed by atoms with E-state index in [1.807, 2.05) is 41.5 Å². The van der Waals surface area contributed by atoms with Crippen LogP contribution in [-0.4, -0.2) is 51.5 Å². The van der Waals surface area contributed by atoms with Crippen molar-refractivity contribution in [2.45, 2.75) is 128 Å². The Morgan fingerprint density at radius 2 is 1.61 bits per heavy atom. The highest BCUT2D eigenvalue weighted by Crippen LogP contribution is 2.25. The molecule has 1 unspecified atom stereocenters. The van der Waals surface area contributed by atoms with Crippen LogP contribution in [0.15, 0.2) is 4.99 Å². The van der Waals surface area contributed by atoms with Gasteiger partial charge in [0, 0.05) is 61.8 Å². The first-order chi connectivity index (χ1) is 21.0. The second kappa shape index (κ2) is 36.0. The van der Waals surface area contributed by atoms with Gasteiger partial charge in [-0.1, -0.05) is 54.8 Å². The Labute approximate surface area is 275 Å². The highest BCUT2D eigenvalue weighted by Gasteiger charge is 2.27. The maximum Gasteiger partial charge on any atom is 0.151 e. The van der Waals surface area contributed by atoms with E-state index in [-0.39, 0.29) is 26.5 Å². The minimum Gasteiger partial charge on any atom is -0.379 e. The van der Waals surface area contributed by atoms with Crippen molar-refractivity contribution in [2.75, 3.05) is 25.0 Å². The third kappa shape index (κ3) is 23.2. The number of carbonyl (C=O) groups excluding carboxylic acids is 2. The van der Waals surface area contributed by atoms with Crippen LogP contribution in [0.5, 0.6) is 0 Å². The summed E-state index contributed by atoms with van der Waals surface area (Å²) in [5, 5.41) is 15.7. The van der Waals surface area contributed by atoms with E-state index < -0.39 is 0 Å². The van der Waals surface area contributed by atoms with Crippen molar-refractivity contribution in [1.29, 1.82) is 0 Å². The number of nitrogens with zero attached hydrogens (tertiary/aromatic N) is 2. The number of aromatic nitrogens is 2. The number of nitrogens with two attached hydrogens (primary N) is 2. The smallest absolute Gasteiger partial charge is 0.151 e. The number of fused-ring (bicyclic) bond motifs is 1. The zero-order chi connectivity index (χ0) is 34.5. The molecule has 0 saturated heterocycles. The van der Waals surface area contributed by atoms with Crippen LogP contribution in [-0.2, 0) is 22.4 Å². The second-order valence-corrected chi connectivity index (χ2v) is 8.65. The minimum absolute atomic E-state index is 0. The van der Waals surface area contributed by atoms with E-state index in [4.69, 9.17) is 18.2 Å². The van der Waals surface area contributed by atoms with Gasteiger partial charge in [0.05, 0.1) is 16.1 Å². The molecule has 7 N–H and O–H groups in total. The van der Waals surface area contributed by atoms with Crippen LogP contribution >= 0.6 is 24.4 Å². The van der Waals surface area contributed by atoms with E-state index in [2.05, 4.69) is 61.8 Å². The lowest BCUT2D eigenvalue weighted by Gasteiger charge is -2.09. The number of hydrogen-bond acceptors (Lipinski definition) is 9. The number of hydrazine groups is 1. The van der Waals surface area contributed by atoms with Crippen molar-refractivity contribution < 1.29 is 21.2 Å². The maximum atomic E-state index is 11.2. The van der Waals surface area contributed by atoms with E-state index in [1.165, 1.54) is 30.5 Å². The summed E-state index contributed by atoms with van der Waals surface area (Å²) in [5.41, 5.74) is 2.74. The standard InChI is InChI=1S/C8H13N3.C8H13NOS.C5H8O.C3H5NS.2C2H6.2CH4.H4N2.6H2/c1-2-9-8-6-4-3-5-7(6)10-11-8;1-2-9-8(11)6-4-3-5-7(6)10;6-5-3-1-2-4-5;1-2-4-3-5;2*1-2;;;1-2;;;;;;/h2-5H2,1H3,(H2,9,10,11);6H,2-5H2,1H3,(H,9,11);1-4H2;2H2,1H3;2*1-2H3;2*1H4;1-2H2;6*1H/i;;;;;;;;;2*1+2T;2*1+2;;. The lowest BCUT2D eigenvalue weighted by atomic mass is 10.1. The molecule has 0 radical (unpaired) electrons. The third-order valence-corrected chi connectivity index (χ3v) is 6.06. The number of hydrogen-bond donors (Lipinski definition) is 5. The molecule has 0 amide bonds. The Kier molecular flexibility index (Phi) is 38.1. The molecule has 0 aromatic carbocycles. The summed E-state index contributed by atoms with van der Waals surface area (Å²) in [5.74, 6) is 9.87. The normalized spacial score (nSPS) is 15.2. The predicted molar refractivity (Wildman–Crippen MR) is 200 cm³/mol. The lowest BCUT2D eigenvalue weighted by molar-refractivity contribution is -0.119. The first-order valence-electron chi connectivity index (χ1n) is 16.5. The van der Waals surface area contributed by atoms with Gasteiger partial charge in [-0.15, -0.1) is 0 Å². The number of H-pyrrole nitrogens is 1. The molecule has 3 aliphatic rings. The number of aromatic amines is 1. The third-order valence-electron chi connectivity index (χ3n) is 5.51. The van der Waals surface area contributed by atoms with Gasteiger partial charge < -0.3 is 10.6 Å². The zero-order valence-electron chi connectivity index (χ0n) is 29.5. The van der Waals surface area contributed by atoms with Crippen molar-refractivity contribution in [2.24, 2.45) is 22.6 Å². The molecular weight excluding hydrogens is 555 g/mol. The molecule has 4 rings (SSSR count). The number of carbonyl (C=O) groups is 2. The fourth-order valence-corrected chi connectivity index (χ4v) is 4.38. The van der Waals surface area contributed by atoms with E-state index >= 15 is 0 Å². The topological polar surface area (TPSA) is 151 Å². The fourth-order valence-electron chi connectivity index (χ4n) is 3.86. The van der Waals surface area contributed by atoms with E-state index in [0.29, 0.717) is 11.6 Å². The van der Waals surface area contributed by atoms with Crippen LogP contribution in [0.1, 0.15) is 138 Å². The summed E-state index contributed by atoms with van der Waals surface area (Å²) in [6.45, 7) is 16.5. The predicted octanol–water partition coefficient (Wildman–Crippen LogP) is 8.48. The average molecular weight is 642 g/mol. The molecule has 0 spiro atoms.